The van der Waals surface area contributed by atoms with Crippen molar-refractivity contribution in [3.8, 4) is 0 Å². The maximum atomic E-state index is 13.6. The molecule has 2 heterocycles. The number of anilines is 2. The molecule has 0 spiro atoms. The second-order valence-electron chi connectivity index (χ2n) is 6.13. The van der Waals surface area contributed by atoms with Crippen molar-refractivity contribution in [2.45, 2.75) is 6.42 Å². The van der Waals surface area contributed by atoms with Gasteiger partial charge in [-0.1, -0.05) is 18.2 Å². The third-order valence-corrected chi connectivity index (χ3v) is 4.19. The van der Waals surface area contributed by atoms with Gasteiger partial charge in [-0.15, -0.1) is 0 Å². The van der Waals surface area contributed by atoms with Crippen molar-refractivity contribution in [2.75, 3.05) is 50.0 Å². The van der Waals surface area contributed by atoms with Crippen molar-refractivity contribution in [1.29, 1.82) is 0 Å². The van der Waals surface area contributed by atoms with Crippen LogP contribution in [0.5, 0.6) is 0 Å². The smallest absolute Gasteiger partial charge is 0.228 e. The van der Waals surface area contributed by atoms with Gasteiger partial charge in [0, 0.05) is 26.2 Å². The highest BCUT2D eigenvalue weighted by Crippen LogP contribution is 2.12. The molecule has 1 aliphatic heterocycles. The third kappa shape index (κ3) is 5.50. The van der Waals surface area contributed by atoms with Crippen LogP contribution in [0.2, 0.25) is 0 Å². The summed E-state index contributed by atoms with van der Waals surface area (Å²) in [4.78, 5) is 18.7. The Morgan fingerprint density at radius 1 is 1.19 bits per heavy atom. The first-order valence-corrected chi connectivity index (χ1v) is 8.74. The summed E-state index contributed by atoms with van der Waals surface area (Å²) >= 11 is 0. The number of ether oxygens (including phenoxy) is 1. The second kappa shape index (κ2) is 9.26. The van der Waals surface area contributed by atoms with E-state index in [1.54, 1.807) is 30.5 Å². The minimum absolute atomic E-state index is 0.00771. The van der Waals surface area contributed by atoms with Crippen molar-refractivity contribution in [2.24, 2.45) is 0 Å². The van der Waals surface area contributed by atoms with Gasteiger partial charge in [0.25, 0.3) is 0 Å². The van der Waals surface area contributed by atoms with E-state index in [0.717, 1.165) is 45.2 Å². The maximum absolute atomic E-state index is 13.6. The highest BCUT2D eigenvalue weighted by Gasteiger charge is 2.10. The summed E-state index contributed by atoms with van der Waals surface area (Å²) in [6, 6.07) is 9.87. The van der Waals surface area contributed by atoms with E-state index in [0.29, 0.717) is 11.3 Å². The highest BCUT2D eigenvalue weighted by atomic mass is 19.1. The van der Waals surface area contributed by atoms with Gasteiger partial charge >= 0.3 is 0 Å². The molecule has 1 aromatic carbocycles. The fourth-order valence-electron chi connectivity index (χ4n) is 2.76. The molecule has 0 atom stereocenters. The molecule has 138 valence electrons. The number of halogens is 1. The van der Waals surface area contributed by atoms with Gasteiger partial charge in [-0.2, -0.15) is 0 Å². The Labute approximate surface area is 152 Å². The van der Waals surface area contributed by atoms with Crippen LogP contribution < -0.4 is 10.6 Å². The summed E-state index contributed by atoms with van der Waals surface area (Å²) in [5, 5.41) is 6.00. The molecule has 0 saturated carbocycles. The molecular formula is C19H23FN4O2. The first-order chi connectivity index (χ1) is 12.7. The van der Waals surface area contributed by atoms with Gasteiger partial charge in [0.05, 0.1) is 31.5 Å². The number of nitrogens with one attached hydrogen (secondary N) is 2. The van der Waals surface area contributed by atoms with E-state index in [4.69, 9.17) is 4.74 Å². The van der Waals surface area contributed by atoms with Crippen LogP contribution in [0.4, 0.5) is 15.9 Å². The Hall–Kier alpha value is -2.51. The van der Waals surface area contributed by atoms with Gasteiger partial charge < -0.3 is 15.4 Å². The SMILES string of the molecule is O=C(Cc1ccccc1F)Nc1ccc(NCCN2CCOCC2)nc1. The largest absolute Gasteiger partial charge is 0.379 e. The highest BCUT2D eigenvalue weighted by molar-refractivity contribution is 5.92. The number of nitrogens with zero attached hydrogens (tertiary/aromatic N) is 2. The number of benzene rings is 1. The molecule has 2 N–H and O–H groups in total. The molecule has 26 heavy (non-hydrogen) atoms. The van der Waals surface area contributed by atoms with E-state index < -0.39 is 0 Å². The molecule has 0 unspecified atom stereocenters. The van der Waals surface area contributed by atoms with Crippen LogP contribution in [0.3, 0.4) is 0 Å². The van der Waals surface area contributed by atoms with Crippen molar-refractivity contribution < 1.29 is 13.9 Å². The van der Waals surface area contributed by atoms with Crippen LogP contribution in [0.15, 0.2) is 42.6 Å². The number of hydrogen-bond donors (Lipinski definition) is 2. The Morgan fingerprint density at radius 2 is 2.00 bits per heavy atom. The average molecular weight is 358 g/mol. The number of pyridine rings is 1. The van der Waals surface area contributed by atoms with E-state index in [2.05, 4.69) is 20.5 Å². The van der Waals surface area contributed by atoms with Gasteiger partial charge in [-0.25, -0.2) is 9.37 Å². The normalized spacial score (nSPS) is 14.8. The number of aromatic nitrogens is 1. The van der Waals surface area contributed by atoms with Crippen LogP contribution in [0.25, 0.3) is 0 Å². The van der Waals surface area contributed by atoms with Crippen LogP contribution >= 0.6 is 0 Å². The molecule has 7 heteroatoms. The van der Waals surface area contributed by atoms with Crippen molar-refractivity contribution in [1.82, 2.24) is 9.88 Å². The quantitative estimate of drug-likeness (QED) is 0.794. The summed E-state index contributed by atoms with van der Waals surface area (Å²) in [5.41, 5.74) is 0.962. The zero-order chi connectivity index (χ0) is 18.2. The molecular weight excluding hydrogens is 335 g/mol. The van der Waals surface area contributed by atoms with Crippen LogP contribution in [-0.4, -0.2) is 55.2 Å². The van der Waals surface area contributed by atoms with Crippen molar-refractivity contribution in [3.63, 3.8) is 0 Å². The molecule has 0 aliphatic carbocycles. The van der Waals surface area contributed by atoms with Gasteiger partial charge in [-0.3, -0.25) is 9.69 Å². The fraction of sp³-hybridized carbons (Fsp3) is 0.368. The lowest BCUT2D eigenvalue weighted by molar-refractivity contribution is -0.115. The lowest BCUT2D eigenvalue weighted by Gasteiger charge is -2.26. The molecule has 1 amide bonds. The predicted octanol–water partition coefficient (Wildman–Crippen LogP) is 2.15. The van der Waals surface area contributed by atoms with E-state index in [-0.39, 0.29) is 18.1 Å². The molecule has 2 aromatic rings. The molecule has 0 bridgehead atoms. The minimum atomic E-state index is -0.374. The van der Waals surface area contributed by atoms with E-state index in [1.807, 2.05) is 6.07 Å². The molecule has 3 rings (SSSR count). The number of hydrogen-bond acceptors (Lipinski definition) is 5. The number of morpholine rings is 1. The van der Waals surface area contributed by atoms with Crippen molar-refractivity contribution >= 4 is 17.4 Å². The summed E-state index contributed by atoms with van der Waals surface area (Å²) in [5.74, 6) is 0.107. The number of carbonyl (C=O) groups excluding carboxylic acids is 1. The summed E-state index contributed by atoms with van der Waals surface area (Å²) in [6.45, 7) is 5.24. The monoisotopic (exact) mass is 358 g/mol. The number of carbonyl (C=O) groups is 1. The third-order valence-electron chi connectivity index (χ3n) is 4.19. The summed E-state index contributed by atoms with van der Waals surface area (Å²) < 4.78 is 18.9. The first kappa shape index (κ1) is 18.3. The standard InChI is InChI=1S/C19H23FN4O2/c20-17-4-2-1-3-15(17)13-19(25)23-16-5-6-18(22-14-16)21-7-8-24-9-11-26-12-10-24/h1-6,14H,7-13H2,(H,21,22)(H,23,25). The Bertz CT molecular complexity index is 718. The molecule has 6 nitrogen and oxygen atoms in total. The number of rotatable bonds is 7. The predicted molar refractivity (Wildman–Crippen MR) is 98.7 cm³/mol. The molecule has 1 aliphatic rings. The van der Waals surface area contributed by atoms with Gasteiger partial charge in [0.2, 0.25) is 5.91 Å². The van der Waals surface area contributed by atoms with Crippen LogP contribution in [0, 0.1) is 5.82 Å². The zero-order valence-electron chi connectivity index (χ0n) is 14.6. The van der Waals surface area contributed by atoms with Crippen LogP contribution in [0.1, 0.15) is 5.56 Å². The first-order valence-electron chi connectivity index (χ1n) is 8.74. The van der Waals surface area contributed by atoms with E-state index >= 15 is 0 Å². The van der Waals surface area contributed by atoms with Gasteiger partial charge in [0.15, 0.2) is 0 Å². The Morgan fingerprint density at radius 3 is 2.73 bits per heavy atom. The van der Waals surface area contributed by atoms with Gasteiger partial charge in [0.1, 0.15) is 11.6 Å². The minimum Gasteiger partial charge on any atom is -0.379 e. The molecule has 0 radical (unpaired) electrons. The number of amides is 1. The fourth-order valence-corrected chi connectivity index (χ4v) is 2.76. The van der Waals surface area contributed by atoms with Crippen molar-refractivity contribution in [3.05, 3.63) is 54.0 Å². The second-order valence-corrected chi connectivity index (χ2v) is 6.13. The molecule has 1 aromatic heterocycles. The molecule has 1 fully saturated rings. The van der Waals surface area contributed by atoms with Crippen LogP contribution in [-0.2, 0) is 16.0 Å². The average Bonchev–Trinajstić information content (AvgIpc) is 2.66. The Balaban J connectivity index is 1.43. The van der Waals surface area contributed by atoms with E-state index in [1.165, 1.54) is 6.07 Å². The zero-order valence-corrected chi connectivity index (χ0v) is 14.6. The topological polar surface area (TPSA) is 66.5 Å². The molecule has 1 saturated heterocycles. The summed E-state index contributed by atoms with van der Waals surface area (Å²) in [7, 11) is 0. The maximum Gasteiger partial charge on any atom is 0.228 e. The van der Waals surface area contributed by atoms with E-state index in [9.17, 15) is 9.18 Å². The summed E-state index contributed by atoms with van der Waals surface area (Å²) in [6.07, 6.45) is 1.59. The Kier molecular flexibility index (Phi) is 6.51. The van der Waals surface area contributed by atoms with Gasteiger partial charge in [-0.05, 0) is 23.8 Å². The lowest BCUT2D eigenvalue weighted by atomic mass is 10.1. The lowest BCUT2D eigenvalue weighted by Crippen LogP contribution is -2.39.